The number of halogens is 2. The maximum Gasteiger partial charge on any atom is 0.273 e. The van der Waals surface area contributed by atoms with Crippen molar-refractivity contribution >= 4 is 11.6 Å². The average Bonchev–Trinajstić information content (AvgIpc) is 2.85. The van der Waals surface area contributed by atoms with E-state index in [1.54, 1.807) is 26.8 Å². The minimum atomic E-state index is -2.90. The number of carbonyl (C=O) groups excluding carboxylic acids is 2. The predicted octanol–water partition coefficient (Wildman–Crippen LogP) is 6.49. The Kier molecular flexibility index (Phi) is 10.4. The molecule has 2 rings (SSSR count). The summed E-state index contributed by atoms with van der Waals surface area (Å²) in [6.45, 7) is 12.1. The summed E-state index contributed by atoms with van der Waals surface area (Å²) in [5.41, 5.74) is 2.25. The van der Waals surface area contributed by atoms with E-state index in [2.05, 4.69) is 19.2 Å². The molecule has 0 aliphatic heterocycles. The molecule has 0 aromatic heterocycles. The highest BCUT2D eigenvalue weighted by Gasteiger charge is 2.34. The smallest absolute Gasteiger partial charge is 0.273 e. The van der Waals surface area contributed by atoms with Crippen molar-refractivity contribution in [1.29, 1.82) is 0 Å². The van der Waals surface area contributed by atoms with Crippen LogP contribution in [0.5, 0.6) is 0 Å². The number of hydrogen-bond donors (Lipinski definition) is 1. The van der Waals surface area contributed by atoms with Gasteiger partial charge in [0.25, 0.3) is 5.92 Å². The SMILES string of the molecule is CCCC(F)(F)C1=C/C=C(/NC2CCC(=O)C(COCCC(C)C)=C(C)C2=O)C(C)C\C=C\1C. The standard InChI is InChI=1S/C28H41F2NO3/c1-7-15-28(29,30)23-10-11-24(20(5)9-8-19(23)4)31-25-12-13-26(32)22(21(6)27(25)33)17-34-16-14-18(2)3/h8,10-11,18,20,25,31H,7,9,12-17H2,1-6H3/b19-8+,23-10+,24-11+. The van der Waals surface area contributed by atoms with Crippen LogP contribution >= 0.6 is 0 Å². The molecule has 2 aliphatic rings. The van der Waals surface area contributed by atoms with Gasteiger partial charge in [0.15, 0.2) is 11.6 Å². The molecule has 0 radical (unpaired) electrons. The average molecular weight is 478 g/mol. The third-order valence-electron chi connectivity index (χ3n) is 6.68. The number of nitrogens with one attached hydrogen (secondary N) is 1. The molecule has 0 aromatic rings. The molecule has 0 fully saturated rings. The monoisotopic (exact) mass is 477 g/mol. The Morgan fingerprint density at radius 2 is 1.91 bits per heavy atom. The molecule has 2 aliphatic carbocycles. The van der Waals surface area contributed by atoms with Gasteiger partial charge in [-0.05, 0) is 56.6 Å². The Balaban J connectivity index is 2.24. The lowest BCUT2D eigenvalue weighted by molar-refractivity contribution is -0.117. The Bertz CT molecular complexity index is 880. The van der Waals surface area contributed by atoms with Gasteiger partial charge in [0, 0.05) is 41.9 Å². The van der Waals surface area contributed by atoms with Gasteiger partial charge in [-0.25, -0.2) is 8.78 Å². The van der Waals surface area contributed by atoms with E-state index in [9.17, 15) is 18.4 Å². The zero-order chi connectivity index (χ0) is 25.5. The fraction of sp³-hybridized carbons (Fsp3) is 0.643. The first kappa shape index (κ1) is 28.2. The van der Waals surface area contributed by atoms with E-state index in [1.165, 1.54) is 6.08 Å². The van der Waals surface area contributed by atoms with Crippen molar-refractivity contribution in [3.8, 4) is 0 Å². The molecular weight excluding hydrogens is 436 g/mol. The van der Waals surface area contributed by atoms with Gasteiger partial charge < -0.3 is 10.1 Å². The van der Waals surface area contributed by atoms with Gasteiger partial charge in [-0.15, -0.1) is 0 Å². The van der Waals surface area contributed by atoms with Crippen LogP contribution < -0.4 is 5.32 Å². The van der Waals surface area contributed by atoms with Gasteiger partial charge >= 0.3 is 0 Å². The van der Waals surface area contributed by atoms with Gasteiger partial charge in [0.1, 0.15) is 0 Å². The maximum atomic E-state index is 14.7. The topological polar surface area (TPSA) is 55.4 Å². The van der Waals surface area contributed by atoms with Crippen LogP contribution in [0.2, 0.25) is 0 Å². The highest BCUT2D eigenvalue weighted by molar-refractivity contribution is 6.10. The van der Waals surface area contributed by atoms with E-state index in [0.29, 0.717) is 48.5 Å². The van der Waals surface area contributed by atoms with Crippen molar-refractivity contribution in [3.05, 3.63) is 46.2 Å². The normalized spacial score (nSPS) is 27.3. The maximum absolute atomic E-state index is 14.7. The molecule has 0 amide bonds. The second-order valence-electron chi connectivity index (χ2n) is 10.0. The van der Waals surface area contributed by atoms with Crippen molar-refractivity contribution in [3.63, 3.8) is 0 Å². The Morgan fingerprint density at radius 1 is 1.21 bits per heavy atom. The molecule has 0 saturated heterocycles. The molecule has 1 N–H and O–H groups in total. The fourth-order valence-corrected chi connectivity index (χ4v) is 4.31. The minimum absolute atomic E-state index is 0.0276. The quantitative estimate of drug-likeness (QED) is 0.366. The number of rotatable bonds is 10. The molecule has 190 valence electrons. The van der Waals surface area contributed by atoms with Gasteiger partial charge in [-0.1, -0.05) is 46.3 Å². The largest absolute Gasteiger partial charge is 0.378 e. The molecule has 2 atom stereocenters. The summed E-state index contributed by atoms with van der Waals surface area (Å²) in [7, 11) is 0. The van der Waals surface area contributed by atoms with Crippen LogP contribution in [0.4, 0.5) is 8.78 Å². The summed E-state index contributed by atoms with van der Waals surface area (Å²) >= 11 is 0. The number of Topliss-reactive ketones (excluding diaryl/α,β-unsaturated/α-hetero) is 2. The molecular formula is C28H41F2NO3. The third-order valence-corrected chi connectivity index (χ3v) is 6.68. The first-order valence-electron chi connectivity index (χ1n) is 12.6. The number of ether oxygens (including phenoxy) is 1. The molecule has 0 heterocycles. The van der Waals surface area contributed by atoms with Crippen molar-refractivity contribution in [2.45, 2.75) is 92.0 Å². The van der Waals surface area contributed by atoms with Crippen LogP contribution in [0.25, 0.3) is 0 Å². The molecule has 0 saturated carbocycles. The Morgan fingerprint density at radius 3 is 2.56 bits per heavy atom. The van der Waals surface area contributed by atoms with Crippen LogP contribution in [0.1, 0.15) is 80.1 Å². The van der Waals surface area contributed by atoms with Crippen LogP contribution in [-0.2, 0) is 14.3 Å². The summed E-state index contributed by atoms with van der Waals surface area (Å²) in [6.07, 6.45) is 7.32. The van der Waals surface area contributed by atoms with Crippen molar-refractivity contribution < 1.29 is 23.1 Å². The second kappa shape index (κ2) is 12.6. The van der Waals surface area contributed by atoms with E-state index in [0.717, 1.165) is 12.1 Å². The lowest BCUT2D eigenvalue weighted by atomic mass is 9.90. The van der Waals surface area contributed by atoms with Gasteiger partial charge in [0.2, 0.25) is 0 Å². The number of carbonyl (C=O) groups is 2. The molecule has 4 nitrogen and oxygen atoms in total. The van der Waals surface area contributed by atoms with Crippen molar-refractivity contribution in [2.75, 3.05) is 13.2 Å². The van der Waals surface area contributed by atoms with E-state index in [-0.39, 0.29) is 42.5 Å². The van der Waals surface area contributed by atoms with Crippen LogP contribution in [0, 0.1) is 11.8 Å². The minimum Gasteiger partial charge on any atom is -0.378 e. The molecule has 0 aromatic carbocycles. The molecule has 2 unspecified atom stereocenters. The Labute approximate surface area is 203 Å². The summed E-state index contributed by atoms with van der Waals surface area (Å²) in [5.74, 6) is -2.55. The van der Waals surface area contributed by atoms with Crippen LogP contribution in [0.3, 0.4) is 0 Å². The van der Waals surface area contributed by atoms with Gasteiger partial charge in [0.05, 0.1) is 12.6 Å². The van der Waals surface area contributed by atoms with Gasteiger partial charge in [-0.3, -0.25) is 9.59 Å². The number of ketones is 2. The molecule has 0 bridgehead atoms. The summed E-state index contributed by atoms with van der Waals surface area (Å²) in [5, 5.41) is 3.30. The highest BCUT2D eigenvalue weighted by Crippen LogP contribution is 2.36. The van der Waals surface area contributed by atoms with Crippen molar-refractivity contribution in [2.24, 2.45) is 11.8 Å². The molecule has 6 heteroatoms. The van der Waals surface area contributed by atoms with Gasteiger partial charge in [-0.2, -0.15) is 0 Å². The highest BCUT2D eigenvalue weighted by atomic mass is 19.3. The fourth-order valence-electron chi connectivity index (χ4n) is 4.31. The van der Waals surface area contributed by atoms with E-state index in [1.807, 2.05) is 13.0 Å². The summed E-state index contributed by atoms with van der Waals surface area (Å²) in [4.78, 5) is 26.0. The first-order chi connectivity index (χ1) is 16.0. The third kappa shape index (κ3) is 7.46. The first-order valence-corrected chi connectivity index (χ1v) is 12.6. The Hall–Kier alpha value is -2.08. The number of hydrogen-bond acceptors (Lipinski definition) is 4. The lowest BCUT2D eigenvalue weighted by Gasteiger charge is -2.26. The van der Waals surface area contributed by atoms with E-state index in [4.69, 9.17) is 4.74 Å². The number of allylic oxidation sites excluding steroid dienone is 6. The summed E-state index contributed by atoms with van der Waals surface area (Å²) < 4.78 is 35.1. The number of alkyl halides is 2. The predicted molar refractivity (Wildman–Crippen MR) is 133 cm³/mol. The second-order valence-corrected chi connectivity index (χ2v) is 10.0. The zero-order valence-electron chi connectivity index (χ0n) is 21.6. The lowest BCUT2D eigenvalue weighted by Crippen LogP contribution is -2.38. The van der Waals surface area contributed by atoms with E-state index < -0.39 is 12.0 Å². The molecule has 0 spiro atoms. The summed E-state index contributed by atoms with van der Waals surface area (Å²) in [6, 6.07) is -0.566. The van der Waals surface area contributed by atoms with Crippen LogP contribution in [-0.4, -0.2) is 36.7 Å². The zero-order valence-corrected chi connectivity index (χ0v) is 21.6. The van der Waals surface area contributed by atoms with Crippen LogP contribution in [0.15, 0.2) is 46.2 Å². The van der Waals surface area contributed by atoms with Crippen molar-refractivity contribution in [1.82, 2.24) is 5.32 Å². The molecule has 34 heavy (non-hydrogen) atoms. The van der Waals surface area contributed by atoms with E-state index >= 15 is 0 Å².